The first-order valence-corrected chi connectivity index (χ1v) is 7.22. The van der Waals surface area contributed by atoms with Crippen LogP contribution in [0.5, 0.6) is 23.0 Å². The average Bonchev–Trinajstić information content (AvgIpc) is 2.42. The van der Waals surface area contributed by atoms with Gasteiger partial charge in [-0.1, -0.05) is 27.7 Å². The van der Waals surface area contributed by atoms with Crippen LogP contribution in [0.1, 0.15) is 50.7 Å². The maximum atomic E-state index is 9.84. The number of aromatic hydroxyl groups is 2. The SMILES string of the molecule is CC(C)c1cc(Oc2ccc(O)c(C(C)C)c2)ccc1O. The predicted molar refractivity (Wildman–Crippen MR) is 84.5 cm³/mol. The summed E-state index contributed by atoms with van der Waals surface area (Å²) < 4.78 is 5.85. The fourth-order valence-electron chi connectivity index (χ4n) is 2.25. The summed E-state index contributed by atoms with van der Waals surface area (Å²) >= 11 is 0. The quantitative estimate of drug-likeness (QED) is 0.818. The largest absolute Gasteiger partial charge is 0.508 e. The third kappa shape index (κ3) is 3.48. The highest BCUT2D eigenvalue weighted by Gasteiger charge is 2.10. The van der Waals surface area contributed by atoms with Crippen molar-refractivity contribution in [3.8, 4) is 23.0 Å². The Labute approximate surface area is 125 Å². The molecule has 0 heterocycles. The minimum Gasteiger partial charge on any atom is -0.508 e. The molecule has 0 amide bonds. The normalized spacial score (nSPS) is 11.1. The van der Waals surface area contributed by atoms with Crippen LogP contribution in [0.25, 0.3) is 0 Å². The molecule has 0 aliphatic carbocycles. The van der Waals surface area contributed by atoms with Gasteiger partial charge in [-0.05, 0) is 48.2 Å². The summed E-state index contributed by atoms with van der Waals surface area (Å²) in [5.41, 5.74) is 1.71. The highest BCUT2D eigenvalue weighted by Crippen LogP contribution is 2.34. The molecule has 2 aromatic rings. The Kier molecular flexibility index (Phi) is 4.41. The van der Waals surface area contributed by atoms with Gasteiger partial charge in [0, 0.05) is 11.1 Å². The fourth-order valence-corrected chi connectivity index (χ4v) is 2.25. The Bertz CT molecular complexity index is 575. The standard InChI is InChI=1S/C18H22O3/c1-11(2)15-9-13(5-7-17(15)19)21-14-6-8-18(20)16(10-14)12(3)4/h5-12,19-20H,1-4H3. The zero-order valence-electron chi connectivity index (χ0n) is 12.9. The number of phenols is 2. The van der Waals surface area contributed by atoms with Crippen LogP contribution in [-0.2, 0) is 0 Å². The molecule has 0 aliphatic rings. The molecule has 2 aromatic carbocycles. The van der Waals surface area contributed by atoms with E-state index in [2.05, 4.69) is 0 Å². The van der Waals surface area contributed by atoms with E-state index in [0.717, 1.165) is 11.1 Å². The third-order valence-electron chi connectivity index (χ3n) is 3.48. The van der Waals surface area contributed by atoms with E-state index in [-0.39, 0.29) is 23.3 Å². The fraction of sp³-hybridized carbons (Fsp3) is 0.333. The second-order valence-electron chi connectivity index (χ2n) is 5.85. The molecule has 2 N–H and O–H groups in total. The minimum atomic E-state index is 0.222. The zero-order chi connectivity index (χ0) is 15.6. The van der Waals surface area contributed by atoms with Gasteiger partial charge in [-0.3, -0.25) is 0 Å². The molecule has 0 radical (unpaired) electrons. The smallest absolute Gasteiger partial charge is 0.127 e. The van der Waals surface area contributed by atoms with E-state index in [1.807, 2.05) is 39.8 Å². The molecule has 0 aromatic heterocycles. The summed E-state index contributed by atoms with van der Waals surface area (Å²) in [7, 11) is 0. The van der Waals surface area contributed by atoms with E-state index < -0.39 is 0 Å². The molecular weight excluding hydrogens is 264 g/mol. The summed E-state index contributed by atoms with van der Waals surface area (Å²) in [5.74, 6) is 2.37. The molecule has 0 saturated heterocycles. The van der Waals surface area contributed by atoms with Gasteiger partial charge in [-0.15, -0.1) is 0 Å². The van der Waals surface area contributed by atoms with Crippen molar-refractivity contribution in [2.24, 2.45) is 0 Å². The molecular formula is C18H22O3. The zero-order valence-corrected chi connectivity index (χ0v) is 12.9. The van der Waals surface area contributed by atoms with Gasteiger partial charge < -0.3 is 14.9 Å². The summed E-state index contributed by atoms with van der Waals surface area (Å²) in [6.07, 6.45) is 0. The van der Waals surface area contributed by atoms with Crippen molar-refractivity contribution in [3.05, 3.63) is 47.5 Å². The molecule has 2 rings (SSSR count). The summed E-state index contributed by atoms with van der Waals surface area (Å²) in [6.45, 7) is 8.10. The van der Waals surface area contributed by atoms with E-state index >= 15 is 0 Å². The molecule has 0 saturated carbocycles. The lowest BCUT2D eigenvalue weighted by atomic mass is 10.0. The molecule has 3 nitrogen and oxygen atoms in total. The Morgan fingerprint density at radius 1 is 0.714 bits per heavy atom. The number of benzene rings is 2. The number of hydrogen-bond acceptors (Lipinski definition) is 3. The lowest BCUT2D eigenvalue weighted by Crippen LogP contribution is -1.93. The van der Waals surface area contributed by atoms with E-state index in [1.165, 1.54) is 0 Å². The minimum absolute atomic E-state index is 0.222. The first kappa shape index (κ1) is 15.2. The summed E-state index contributed by atoms with van der Waals surface area (Å²) in [6, 6.07) is 10.5. The second-order valence-corrected chi connectivity index (χ2v) is 5.85. The number of ether oxygens (including phenoxy) is 1. The number of rotatable bonds is 4. The Morgan fingerprint density at radius 3 is 1.43 bits per heavy atom. The molecule has 0 unspecified atom stereocenters. The Balaban J connectivity index is 2.30. The van der Waals surface area contributed by atoms with Crippen LogP contribution in [-0.4, -0.2) is 10.2 Å². The van der Waals surface area contributed by atoms with Gasteiger partial charge >= 0.3 is 0 Å². The van der Waals surface area contributed by atoms with E-state index in [4.69, 9.17) is 4.74 Å². The van der Waals surface area contributed by atoms with Crippen LogP contribution >= 0.6 is 0 Å². The molecule has 0 fully saturated rings. The average molecular weight is 286 g/mol. The number of hydrogen-bond donors (Lipinski definition) is 2. The Morgan fingerprint density at radius 2 is 1.10 bits per heavy atom. The van der Waals surface area contributed by atoms with E-state index in [0.29, 0.717) is 11.5 Å². The maximum absolute atomic E-state index is 9.84. The predicted octanol–water partition coefficient (Wildman–Crippen LogP) is 5.14. The molecule has 0 atom stereocenters. The van der Waals surface area contributed by atoms with Crippen LogP contribution in [0.2, 0.25) is 0 Å². The summed E-state index contributed by atoms with van der Waals surface area (Å²) in [5, 5.41) is 19.7. The van der Waals surface area contributed by atoms with E-state index in [1.54, 1.807) is 24.3 Å². The summed E-state index contributed by atoms with van der Waals surface area (Å²) in [4.78, 5) is 0. The van der Waals surface area contributed by atoms with Gasteiger partial charge in [0.05, 0.1) is 0 Å². The van der Waals surface area contributed by atoms with Gasteiger partial charge in [0.25, 0.3) is 0 Å². The first-order chi connectivity index (χ1) is 9.88. The molecule has 0 aliphatic heterocycles. The third-order valence-corrected chi connectivity index (χ3v) is 3.48. The van der Waals surface area contributed by atoms with Crippen LogP contribution in [0.3, 0.4) is 0 Å². The lowest BCUT2D eigenvalue weighted by Gasteiger charge is -2.14. The highest BCUT2D eigenvalue weighted by atomic mass is 16.5. The van der Waals surface area contributed by atoms with Gasteiger partial charge in [0.15, 0.2) is 0 Å². The topological polar surface area (TPSA) is 49.7 Å². The second kappa shape index (κ2) is 6.08. The van der Waals surface area contributed by atoms with Crippen molar-refractivity contribution < 1.29 is 14.9 Å². The van der Waals surface area contributed by atoms with Crippen molar-refractivity contribution in [2.45, 2.75) is 39.5 Å². The van der Waals surface area contributed by atoms with Crippen LogP contribution in [0.15, 0.2) is 36.4 Å². The number of phenolic OH excluding ortho intramolecular Hbond substituents is 2. The molecule has 112 valence electrons. The van der Waals surface area contributed by atoms with Crippen molar-refractivity contribution >= 4 is 0 Å². The van der Waals surface area contributed by atoms with Gasteiger partial charge in [0.2, 0.25) is 0 Å². The van der Waals surface area contributed by atoms with Crippen molar-refractivity contribution in [3.63, 3.8) is 0 Å². The van der Waals surface area contributed by atoms with Crippen molar-refractivity contribution in [1.29, 1.82) is 0 Å². The molecule has 21 heavy (non-hydrogen) atoms. The molecule has 0 spiro atoms. The van der Waals surface area contributed by atoms with Crippen molar-refractivity contribution in [1.82, 2.24) is 0 Å². The van der Waals surface area contributed by atoms with Crippen LogP contribution in [0, 0.1) is 0 Å². The molecule has 3 heteroatoms. The van der Waals surface area contributed by atoms with E-state index in [9.17, 15) is 10.2 Å². The van der Waals surface area contributed by atoms with Gasteiger partial charge in [-0.25, -0.2) is 0 Å². The molecule has 0 bridgehead atoms. The maximum Gasteiger partial charge on any atom is 0.127 e. The van der Waals surface area contributed by atoms with Crippen LogP contribution in [0.4, 0.5) is 0 Å². The lowest BCUT2D eigenvalue weighted by molar-refractivity contribution is 0.448. The van der Waals surface area contributed by atoms with Gasteiger partial charge in [0.1, 0.15) is 23.0 Å². The highest BCUT2D eigenvalue weighted by molar-refractivity contribution is 5.45. The van der Waals surface area contributed by atoms with Gasteiger partial charge in [-0.2, -0.15) is 0 Å². The first-order valence-electron chi connectivity index (χ1n) is 7.22. The van der Waals surface area contributed by atoms with Crippen LogP contribution < -0.4 is 4.74 Å². The van der Waals surface area contributed by atoms with Crippen molar-refractivity contribution in [2.75, 3.05) is 0 Å². The Hall–Kier alpha value is -2.16. The monoisotopic (exact) mass is 286 g/mol.